The number of carbonyl (C=O) groups is 2. The molecule has 2 bridgehead atoms. The van der Waals surface area contributed by atoms with E-state index >= 15 is 0 Å². The largest absolute Gasteiger partial charge is 0.366 e. The summed E-state index contributed by atoms with van der Waals surface area (Å²) in [5.74, 6) is 0.391. The molecule has 5 N–H and O–H groups in total. The smallest absolute Gasteiger partial charge is 0.248 e. The van der Waals surface area contributed by atoms with Crippen LogP contribution < -0.4 is 16.8 Å². The summed E-state index contributed by atoms with van der Waals surface area (Å²) in [5, 5.41) is 2.94. The lowest BCUT2D eigenvalue weighted by atomic mass is 9.84. The van der Waals surface area contributed by atoms with Gasteiger partial charge in [-0.2, -0.15) is 0 Å². The Morgan fingerprint density at radius 1 is 1.23 bits per heavy atom. The normalized spacial score (nSPS) is 29.0. The van der Waals surface area contributed by atoms with Crippen molar-refractivity contribution in [3.05, 3.63) is 29.3 Å². The summed E-state index contributed by atoms with van der Waals surface area (Å²) < 4.78 is 0. The third-order valence-electron chi connectivity index (χ3n) is 5.04. The van der Waals surface area contributed by atoms with E-state index in [2.05, 4.69) is 5.32 Å². The van der Waals surface area contributed by atoms with Gasteiger partial charge in [-0.3, -0.25) is 9.59 Å². The topological polar surface area (TPSA) is 98.2 Å². The van der Waals surface area contributed by atoms with Gasteiger partial charge >= 0.3 is 0 Å². The van der Waals surface area contributed by atoms with Crippen molar-refractivity contribution in [3.8, 4) is 0 Å². The van der Waals surface area contributed by atoms with Gasteiger partial charge in [0.15, 0.2) is 0 Å². The Balaban J connectivity index is 0.00000176. The van der Waals surface area contributed by atoms with E-state index in [-0.39, 0.29) is 30.3 Å². The van der Waals surface area contributed by atoms with Crippen LogP contribution in [-0.4, -0.2) is 17.9 Å². The first kappa shape index (κ1) is 16.8. The van der Waals surface area contributed by atoms with Crippen LogP contribution in [0, 0.1) is 24.7 Å². The number of hydrogen-bond acceptors (Lipinski definition) is 3. The van der Waals surface area contributed by atoms with Gasteiger partial charge in [-0.15, -0.1) is 12.4 Å². The Kier molecular flexibility index (Phi) is 4.78. The van der Waals surface area contributed by atoms with Crippen molar-refractivity contribution in [2.24, 2.45) is 29.2 Å². The second-order valence-corrected chi connectivity index (χ2v) is 6.32. The van der Waals surface area contributed by atoms with Gasteiger partial charge in [0, 0.05) is 17.3 Å². The fraction of sp³-hybridized carbons (Fsp3) is 0.500. The Hall–Kier alpha value is -1.59. The third kappa shape index (κ3) is 2.83. The molecule has 1 aromatic rings. The van der Waals surface area contributed by atoms with E-state index in [1.807, 2.05) is 0 Å². The number of nitrogens with two attached hydrogens (primary N) is 2. The fourth-order valence-electron chi connectivity index (χ4n) is 3.97. The second-order valence-electron chi connectivity index (χ2n) is 6.32. The van der Waals surface area contributed by atoms with E-state index in [4.69, 9.17) is 11.5 Å². The van der Waals surface area contributed by atoms with Gasteiger partial charge in [0.2, 0.25) is 11.8 Å². The lowest BCUT2D eigenvalue weighted by molar-refractivity contribution is -0.121. The van der Waals surface area contributed by atoms with Crippen molar-refractivity contribution in [1.82, 2.24) is 0 Å². The van der Waals surface area contributed by atoms with Crippen LogP contribution in [0.25, 0.3) is 0 Å². The van der Waals surface area contributed by atoms with Crippen LogP contribution in [0.3, 0.4) is 0 Å². The maximum atomic E-state index is 12.5. The number of primary amides is 1. The maximum absolute atomic E-state index is 12.5. The molecule has 2 aliphatic carbocycles. The predicted molar refractivity (Wildman–Crippen MR) is 87.9 cm³/mol. The SMILES string of the molecule is Cc1cc(NC(=O)C2C3CCC(C3)C2N)ccc1C(N)=O.Cl. The molecule has 22 heavy (non-hydrogen) atoms. The number of fused-ring (bicyclic) bond motifs is 2. The molecule has 0 radical (unpaired) electrons. The monoisotopic (exact) mass is 323 g/mol. The minimum absolute atomic E-state index is 0. The van der Waals surface area contributed by atoms with Crippen molar-refractivity contribution in [3.63, 3.8) is 0 Å². The van der Waals surface area contributed by atoms with Crippen LogP contribution in [0.1, 0.15) is 35.2 Å². The molecular weight excluding hydrogens is 302 g/mol. The predicted octanol–water partition coefficient (Wildman–Crippen LogP) is 1.83. The highest BCUT2D eigenvalue weighted by Crippen LogP contribution is 2.47. The summed E-state index contributed by atoms with van der Waals surface area (Å²) in [6.45, 7) is 1.80. The third-order valence-corrected chi connectivity index (χ3v) is 5.04. The average Bonchev–Trinajstić information content (AvgIpc) is 2.98. The van der Waals surface area contributed by atoms with Crippen molar-refractivity contribution in [2.45, 2.75) is 32.2 Å². The van der Waals surface area contributed by atoms with E-state index in [0.29, 0.717) is 23.1 Å². The van der Waals surface area contributed by atoms with Gasteiger partial charge in [0.25, 0.3) is 0 Å². The zero-order chi connectivity index (χ0) is 15.1. The molecule has 6 heteroatoms. The Morgan fingerprint density at radius 2 is 1.91 bits per heavy atom. The van der Waals surface area contributed by atoms with Gasteiger partial charge in [0.05, 0.1) is 5.92 Å². The molecule has 2 fully saturated rings. The minimum Gasteiger partial charge on any atom is -0.366 e. The number of halogens is 1. The van der Waals surface area contributed by atoms with Crippen LogP contribution in [0.2, 0.25) is 0 Å². The van der Waals surface area contributed by atoms with E-state index in [1.54, 1.807) is 25.1 Å². The maximum Gasteiger partial charge on any atom is 0.248 e. The molecular formula is C16H22ClN3O2. The molecule has 2 amide bonds. The highest BCUT2D eigenvalue weighted by Gasteiger charge is 2.49. The van der Waals surface area contributed by atoms with E-state index in [1.165, 1.54) is 0 Å². The Bertz CT molecular complexity index is 603. The number of anilines is 1. The lowest BCUT2D eigenvalue weighted by Crippen LogP contribution is -2.42. The first-order valence-corrected chi connectivity index (χ1v) is 7.44. The van der Waals surface area contributed by atoms with Crippen LogP contribution in [-0.2, 0) is 4.79 Å². The number of nitrogens with one attached hydrogen (secondary N) is 1. The second kappa shape index (κ2) is 6.26. The Labute approximate surface area is 136 Å². The summed E-state index contributed by atoms with van der Waals surface area (Å²) in [6.07, 6.45) is 3.34. The van der Waals surface area contributed by atoms with E-state index < -0.39 is 5.91 Å². The summed E-state index contributed by atoms with van der Waals surface area (Å²) in [7, 11) is 0. The molecule has 0 saturated heterocycles. The number of hydrogen-bond donors (Lipinski definition) is 3. The van der Waals surface area contributed by atoms with Crippen molar-refractivity contribution in [2.75, 3.05) is 5.32 Å². The molecule has 2 aliphatic rings. The summed E-state index contributed by atoms with van der Waals surface area (Å²) in [4.78, 5) is 23.7. The van der Waals surface area contributed by atoms with Gasteiger partial charge in [0.1, 0.15) is 0 Å². The summed E-state index contributed by atoms with van der Waals surface area (Å²) in [5.41, 5.74) is 13.4. The highest BCUT2D eigenvalue weighted by atomic mass is 35.5. The number of benzene rings is 1. The zero-order valence-corrected chi connectivity index (χ0v) is 13.4. The molecule has 0 heterocycles. The van der Waals surface area contributed by atoms with E-state index in [0.717, 1.165) is 24.8 Å². The van der Waals surface area contributed by atoms with Crippen LogP contribution in [0.4, 0.5) is 5.69 Å². The first-order valence-electron chi connectivity index (χ1n) is 7.44. The molecule has 3 rings (SSSR count). The first-order chi connectivity index (χ1) is 9.97. The Morgan fingerprint density at radius 3 is 2.45 bits per heavy atom. The number of amides is 2. The molecule has 120 valence electrons. The summed E-state index contributed by atoms with van der Waals surface area (Å²) in [6, 6.07) is 5.11. The molecule has 4 unspecified atom stereocenters. The van der Waals surface area contributed by atoms with Crippen LogP contribution in [0.15, 0.2) is 18.2 Å². The highest BCUT2D eigenvalue weighted by molar-refractivity contribution is 5.97. The average molecular weight is 324 g/mol. The molecule has 0 spiro atoms. The van der Waals surface area contributed by atoms with Crippen LogP contribution in [0.5, 0.6) is 0 Å². The van der Waals surface area contributed by atoms with Crippen molar-refractivity contribution in [1.29, 1.82) is 0 Å². The molecule has 5 nitrogen and oxygen atoms in total. The molecule has 0 aliphatic heterocycles. The quantitative estimate of drug-likeness (QED) is 0.791. The van der Waals surface area contributed by atoms with Gasteiger partial charge in [-0.05, 0) is 61.8 Å². The fourth-order valence-corrected chi connectivity index (χ4v) is 3.97. The lowest BCUT2D eigenvalue weighted by Gasteiger charge is -2.27. The minimum atomic E-state index is -0.458. The number of aryl methyl sites for hydroxylation is 1. The number of carbonyl (C=O) groups excluding carboxylic acids is 2. The van der Waals surface area contributed by atoms with Crippen LogP contribution >= 0.6 is 12.4 Å². The molecule has 2 saturated carbocycles. The van der Waals surface area contributed by atoms with Gasteiger partial charge in [-0.25, -0.2) is 0 Å². The van der Waals surface area contributed by atoms with Crippen molar-refractivity contribution >= 4 is 29.9 Å². The van der Waals surface area contributed by atoms with Gasteiger partial charge in [-0.1, -0.05) is 0 Å². The van der Waals surface area contributed by atoms with E-state index in [9.17, 15) is 9.59 Å². The molecule has 0 aromatic heterocycles. The number of rotatable bonds is 3. The molecule has 4 atom stereocenters. The standard InChI is InChI=1S/C16H21N3O2.ClH/c1-8-6-11(4-5-12(8)15(18)20)19-16(21)13-9-2-3-10(7-9)14(13)17;/h4-6,9-10,13-14H,2-3,7,17H2,1H3,(H2,18,20)(H,19,21);1H. The summed E-state index contributed by atoms with van der Waals surface area (Å²) >= 11 is 0. The zero-order valence-electron chi connectivity index (χ0n) is 12.5. The van der Waals surface area contributed by atoms with Crippen molar-refractivity contribution < 1.29 is 9.59 Å². The molecule has 1 aromatic carbocycles. The van der Waals surface area contributed by atoms with Gasteiger partial charge < -0.3 is 16.8 Å².